The van der Waals surface area contributed by atoms with Gasteiger partial charge in [0, 0.05) is 23.3 Å². The molecule has 1 aliphatic rings. The molecule has 0 N–H and O–H groups in total. The quantitative estimate of drug-likeness (QED) is 0.783. The fourth-order valence-electron chi connectivity index (χ4n) is 3.22. The largest absolute Gasteiger partial charge is 0.465 e. The highest BCUT2D eigenvalue weighted by Crippen LogP contribution is 2.35. The number of hydrogen-bond donors (Lipinski definition) is 0. The zero-order valence-corrected chi connectivity index (χ0v) is 14.9. The number of carbonyl (C=O) groups excluding carboxylic acids is 2. The number of esters is 1. The third-order valence-electron chi connectivity index (χ3n) is 4.50. The van der Waals surface area contributed by atoms with Crippen LogP contribution < -0.4 is 4.90 Å². The molecule has 0 aliphatic carbocycles. The molecule has 0 saturated carbocycles. The maximum atomic E-state index is 13.0. The maximum absolute atomic E-state index is 13.0. The molecule has 0 spiro atoms. The molecule has 1 atom stereocenters. The smallest absolute Gasteiger partial charge is 0.337 e. The van der Waals surface area contributed by atoms with E-state index < -0.39 is 5.97 Å². The first-order valence-corrected chi connectivity index (χ1v) is 8.57. The van der Waals surface area contributed by atoms with Crippen molar-refractivity contribution in [2.45, 2.75) is 25.7 Å². The summed E-state index contributed by atoms with van der Waals surface area (Å²) in [6, 6.07) is 8.78. The number of methoxy groups -OCH3 is 1. The van der Waals surface area contributed by atoms with Crippen molar-refractivity contribution in [3.8, 4) is 0 Å². The lowest BCUT2D eigenvalue weighted by molar-refractivity contribution is -0.118. The second-order valence-electron chi connectivity index (χ2n) is 5.90. The van der Waals surface area contributed by atoms with Gasteiger partial charge in [-0.3, -0.25) is 9.69 Å². The van der Waals surface area contributed by atoms with Gasteiger partial charge in [0.05, 0.1) is 18.6 Å². The van der Waals surface area contributed by atoms with Crippen LogP contribution in [0.1, 0.15) is 40.7 Å². The first kappa shape index (κ1) is 17.4. The van der Waals surface area contributed by atoms with Gasteiger partial charge in [-0.2, -0.15) is 0 Å². The SMILES string of the molecule is CCc1c(Cl)ccnc1N1CCC(c2cccc(C(=O)OC)c2)C1=O. The highest BCUT2D eigenvalue weighted by molar-refractivity contribution is 6.31. The lowest BCUT2D eigenvalue weighted by Gasteiger charge is -2.19. The predicted octanol–water partition coefficient (Wildman–Crippen LogP) is 3.60. The van der Waals surface area contributed by atoms with Crippen molar-refractivity contribution < 1.29 is 14.3 Å². The molecule has 25 heavy (non-hydrogen) atoms. The van der Waals surface area contributed by atoms with Crippen LogP contribution in [0.4, 0.5) is 5.82 Å². The minimum absolute atomic E-state index is 0.0218. The van der Waals surface area contributed by atoms with Crippen LogP contribution in [-0.4, -0.2) is 30.5 Å². The zero-order valence-electron chi connectivity index (χ0n) is 14.2. The van der Waals surface area contributed by atoms with Crippen LogP contribution in [0.5, 0.6) is 0 Å². The van der Waals surface area contributed by atoms with Crippen molar-refractivity contribution in [3.05, 3.63) is 58.2 Å². The summed E-state index contributed by atoms with van der Waals surface area (Å²) < 4.78 is 4.76. The van der Waals surface area contributed by atoms with Crippen LogP contribution in [-0.2, 0) is 16.0 Å². The fraction of sp³-hybridized carbons (Fsp3) is 0.316. The van der Waals surface area contributed by atoms with Crippen LogP contribution in [0.25, 0.3) is 0 Å². The number of anilines is 1. The summed E-state index contributed by atoms with van der Waals surface area (Å²) in [4.78, 5) is 30.8. The fourth-order valence-corrected chi connectivity index (χ4v) is 3.49. The average Bonchev–Trinajstić information content (AvgIpc) is 3.02. The van der Waals surface area contributed by atoms with E-state index in [2.05, 4.69) is 4.98 Å². The summed E-state index contributed by atoms with van der Waals surface area (Å²) in [5.41, 5.74) is 2.14. The number of carbonyl (C=O) groups is 2. The van der Waals surface area contributed by atoms with E-state index in [9.17, 15) is 9.59 Å². The number of halogens is 1. The third-order valence-corrected chi connectivity index (χ3v) is 4.85. The summed E-state index contributed by atoms with van der Waals surface area (Å²) in [5.74, 6) is -0.0953. The molecule has 2 heterocycles. The molecule has 1 saturated heterocycles. The summed E-state index contributed by atoms with van der Waals surface area (Å²) in [6.07, 6.45) is 2.99. The van der Waals surface area contributed by atoms with Crippen molar-refractivity contribution in [3.63, 3.8) is 0 Å². The van der Waals surface area contributed by atoms with E-state index in [-0.39, 0.29) is 11.8 Å². The Morgan fingerprint density at radius 1 is 1.40 bits per heavy atom. The van der Waals surface area contributed by atoms with Gasteiger partial charge in [-0.25, -0.2) is 9.78 Å². The summed E-state index contributed by atoms with van der Waals surface area (Å²) in [5, 5.41) is 0.622. The molecule has 1 aliphatic heterocycles. The van der Waals surface area contributed by atoms with Crippen molar-refractivity contribution in [1.82, 2.24) is 4.98 Å². The lowest BCUT2D eigenvalue weighted by Crippen LogP contribution is -2.28. The molecule has 6 heteroatoms. The van der Waals surface area contributed by atoms with Crippen LogP contribution in [0.3, 0.4) is 0 Å². The number of rotatable bonds is 4. The van der Waals surface area contributed by atoms with Crippen molar-refractivity contribution in [2.75, 3.05) is 18.6 Å². The van der Waals surface area contributed by atoms with E-state index in [1.807, 2.05) is 13.0 Å². The molecule has 5 nitrogen and oxygen atoms in total. The van der Waals surface area contributed by atoms with Gasteiger partial charge in [0.2, 0.25) is 5.91 Å². The average molecular weight is 359 g/mol. The number of amides is 1. The molecule has 1 aromatic carbocycles. The Morgan fingerprint density at radius 3 is 2.92 bits per heavy atom. The summed E-state index contributed by atoms with van der Waals surface area (Å²) in [6.45, 7) is 2.57. The molecule has 1 aromatic heterocycles. The minimum atomic E-state index is -0.408. The van der Waals surface area contributed by atoms with Gasteiger partial charge in [-0.15, -0.1) is 0 Å². The second kappa shape index (κ2) is 7.23. The van der Waals surface area contributed by atoms with Gasteiger partial charge in [0.15, 0.2) is 0 Å². The number of aromatic nitrogens is 1. The maximum Gasteiger partial charge on any atom is 0.337 e. The molecule has 3 rings (SSSR count). The van der Waals surface area contributed by atoms with E-state index in [0.29, 0.717) is 35.8 Å². The van der Waals surface area contributed by atoms with Crippen molar-refractivity contribution in [1.29, 1.82) is 0 Å². The second-order valence-corrected chi connectivity index (χ2v) is 6.30. The summed E-state index contributed by atoms with van der Waals surface area (Å²) in [7, 11) is 1.34. The lowest BCUT2D eigenvalue weighted by atomic mass is 9.96. The first-order chi connectivity index (χ1) is 12.1. The Kier molecular flexibility index (Phi) is 5.04. The molecule has 2 aromatic rings. The monoisotopic (exact) mass is 358 g/mol. The Balaban J connectivity index is 1.91. The van der Waals surface area contributed by atoms with E-state index in [4.69, 9.17) is 16.3 Å². The normalized spacial score (nSPS) is 17.0. The van der Waals surface area contributed by atoms with Crippen LogP contribution in [0.15, 0.2) is 36.5 Å². The number of nitrogens with zero attached hydrogens (tertiary/aromatic N) is 2. The van der Waals surface area contributed by atoms with Crippen LogP contribution in [0.2, 0.25) is 5.02 Å². The first-order valence-electron chi connectivity index (χ1n) is 8.19. The van der Waals surface area contributed by atoms with Gasteiger partial charge in [-0.05, 0) is 36.6 Å². The number of ether oxygens (including phenoxy) is 1. The predicted molar refractivity (Wildman–Crippen MR) is 96.1 cm³/mol. The molecular formula is C19H19ClN2O3. The van der Waals surface area contributed by atoms with Crippen LogP contribution >= 0.6 is 11.6 Å². The minimum Gasteiger partial charge on any atom is -0.465 e. The number of hydrogen-bond acceptors (Lipinski definition) is 4. The van der Waals surface area contributed by atoms with Gasteiger partial charge in [0.25, 0.3) is 0 Å². The Bertz CT molecular complexity index is 822. The topological polar surface area (TPSA) is 59.5 Å². The molecule has 0 radical (unpaired) electrons. The highest BCUT2D eigenvalue weighted by Gasteiger charge is 2.35. The van der Waals surface area contributed by atoms with Gasteiger partial charge >= 0.3 is 5.97 Å². The van der Waals surface area contributed by atoms with Crippen molar-refractivity contribution in [2.24, 2.45) is 0 Å². The number of pyridine rings is 1. The van der Waals surface area contributed by atoms with E-state index >= 15 is 0 Å². The molecule has 130 valence electrons. The highest BCUT2D eigenvalue weighted by atomic mass is 35.5. The van der Waals surface area contributed by atoms with Gasteiger partial charge in [-0.1, -0.05) is 30.7 Å². The molecule has 1 fully saturated rings. The van der Waals surface area contributed by atoms with Gasteiger partial charge in [0.1, 0.15) is 5.82 Å². The Morgan fingerprint density at radius 2 is 2.20 bits per heavy atom. The van der Waals surface area contributed by atoms with E-state index in [1.165, 1.54) is 7.11 Å². The molecule has 0 bridgehead atoms. The number of benzene rings is 1. The van der Waals surface area contributed by atoms with Crippen molar-refractivity contribution >= 4 is 29.3 Å². The third kappa shape index (κ3) is 3.24. The van der Waals surface area contributed by atoms with Gasteiger partial charge < -0.3 is 4.74 Å². The molecule has 1 unspecified atom stereocenters. The zero-order chi connectivity index (χ0) is 18.0. The van der Waals surface area contributed by atoms with E-state index in [1.54, 1.807) is 35.4 Å². The van der Waals surface area contributed by atoms with E-state index in [0.717, 1.165) is 11.1 Å². The Hall–Kier alpha value is -2.40. The molecule has 1 amide bonds. The van der Waals surface area contributed by atoms with Crippen LogP contribution in [0, 0.1) is 0 Å². The summed E-state index contributed by atoms with van der Waals surface area (Å²) >= 11 is 6.25. The Labute approximate surface area is 151 Å². The molecular weight excluding hydrogens is 340 g/mol. The standard InChI is InChI=1S/C19H19ClN2O3/c1-3-14-16(20)7-9-21-17(14)22-10-8-15(18(22)23)12-5-4-6-13(11-12)19(24)25-2/h4-7,9,11,15H,3,8,10H2,1-2H3.